The van der Waals surface area contributed by atoms with E-state index in [0.717, 1.165) is 10.8 Å². The summed E-state index contributed by atoms with van der Waals surface area (Å²) in [6.45, 7) is 0. The van der Waals surface area contributed by atoms with Crippen molar-refractivity contribution in [3.63, 3.8) is 0 Å². The molecule has 0 bridgehead atoms. The van der Waals surface area contributed by atoms with Gasteiger partial charge in [0, 0.05) is 7.05 Å². The second-order valence-corrected chi connectivity index (χ2v) is 3.72. The van der Waals surface area contributed by atoms with Gasteiger partial charge < -0.3 is 5.32 Å². The third-order valence-electron chi connectivity index (χ3n) is 2.10. The van der Waals surface area contributed by atoms with Gasteiger partial charge in [-0.1, -0.05) is 12.5 Å². The molecule has 0 amide bonds. The van der Waals surface area contributed by atoms with Gasteiger partial charge in [-0.05, 0) is 24.8 Å². The molecule has 1 fully saturated rings. The zero-order valence-electron chi connectivity index (χ0n) is 7.33. The molecule has 0 saturated heterocycles. The van der Waals surface area contributed by atoms with E-state index >= 15 is 0 Å². The molecule has 0 atom stereocenters. The highest BCUT2D eigenvalue weighted by Crippen LogP contribution is 2.27. The fourth-order valence-electron chi connectivity index (χ4n) is 1.13. The van der Waals surface area contributed by atoms with Crippen molar-refractivity contribution in [3.8, 4) is 0 Å². The van der Waals surface area contributed by atoms with Crippen molar-refractivity contribution in [2.45, 2.75) is 19.3 Å². The van der Waals surface area contributed by atoms with Crippen molar-refractivity contribution in [1.29, 1.82) is 0 Å². The van der Waals surface area contributed by atoms with Crippen LogP contribution >= 0.6 is 0 Å². The molecule has 1 aliphatic carbocycles. The van der Waals surface area contributed by atoms with Crippen molar-refractivity contribution >= 4 is 12.0 Å². The van der Waals surface area contributed by atoms with Crippen molar-refractivity contribution in [2.24, 2.45) is 5.92 Å². The van der Waals surface area contributed by atoms with Crippen LogP contribution in [0.4, 0.5) is 0 Å². The van der Waals surface area contributed by atoms with Crippen molar-refractivity contribution < 1.29 is 4.55 Å². The SMILES string of the molecule is CN/C=C(\C=C\C1CCC1)[SH+]O. The first-order chi connectivity index (χ1) is 5.86. The summed E-state index contributed by atoms with van der Waals surface area (Å²) in [5.41, 5.74) is 0. The number of rotatable bonds is 4. The van der Waals surface area contributed by atoms with Gasteiger partial charge >= 0.3 is 0 Å². The summed E-state index contributed by atoms with van der Waals surface area (Å²) in [6, 6.07) is 0. The molecule has 2 N–H and O–H groups in total. The second-order valence-electron chi connectivity index (χ2n) is 3.01. The maximum Gasteiger partial charge on any atom is 0.202 e. The van der Waals surface area contributed by atoms with Gasteiger partial charge in [-0.25, -0.2) is 0 Å². The van der Waals surface area contributed by atoms with Crippen LogP contribution < -0.4 is 5.32 Å². The van der Waals surface area contributed by atoms with Crippen LogP contribution in [0.1, 0.15) is 19.3 Å². The van der Waals surface area contributed by atoms with E-state index in [4.69, 9.17) is 4.55 Å². The van der Waals surface area contributed by atoms with E-state index < -0.39 is 0 Å². The highest BCUT2D eigenvalue weighted by Gasteiger charge is 2.14. The lowest BCUT2D eigenvalue weighted by Gasteiger charge is -2.20. The van der Waals surface area contributed by atoms with Gasteiger partial charge in [-0.2, -0.15) is 4.55 Å². The molecule has 0 unspecified atom stereocenters. The molecule has 0 aliphatic heterocycles. The smallest absolute Gasteiger partial charge is 0.202 e. The first-order valence-corrected chi connectivity index (χ1v) is 5.12. The van der Waals surface area contributed by atoms with E-state index in [1.807, 2.05) is 19.3 Å². The van der Waals surface area contributed by atoms with Crippen molar-refractivity contribution in [1.82, 2.24) is 5.32 Å². The molecule has 0 heterocycles. The molecule has 0 aromatic rings. The zero-order valence-corrected chi connectivity index (χ0v) is 8.22. The van der Waals surface area contributed by atoms with Crippen LogP contribution in [0.25, 0.3) is 0 Å². The van der Waals surface area contributed by atoms with E-state index in [9.17, 15) is 0 Å². The summed E-state index contributed by atoms with van der Waals surface area (Å²) in [5.74, 6) is 0.756. The van der Waals surface area contributed by atoms with Gasteiger partial charge in [0.25, 0.3) is 0 Å². The number of nitrogens with one attached hydrogen (secondary N) is 1. The van der Waals surface area contributed by atoms with E-state index in [1.54, 1.807) is 0 Å². The Morgan fingerprint density at radius 1 is 1.58 bits per heavy atom. The molecule has 12 heavy (non-hydrogen) atoms. The van der Waals surface area contributed by atoms with Crippen LogP contribution in [0.15, 0.2) is 23.3 Å². The molecule has 1 rings (SSSR count). The lowest BCUT2D eigenvalue weighted by atomic mass is 9.85. The second kappa shape index (κ2) is 5.27. The molecule has 0 spiro atoms. The molecule has 0 radical (unpaired) electrons. The monoisotopic (exact) mass is 186 g/mol. The third kappa shape index (κ3) is 2.91. The Bertz CT molecular complexity index is 185. The molecule has 3 heteroatoms. The predicted molar refractivity (Wildman–Crippen MR) is 55.0 cm³/mol. The standard InChI is InChI=1S/C9H15NOS/c1-10-7-9(12-11)6-5-8-3-2-4-8/h5-8,10-11H,2-4H2,1H3/p+1/b6-5+,9-7+. The lowest BCUT2D eigenvalue weighted by molar-refractivity contribution is 0.388. The van der Waals surface area contributed by atoms with E-state index in [2.05, 4.69) is 11.4 Å². The summed E-state index contributed by atoms with van der Waals surface area (Å²) in [5, 5.41) is 2.90. The number of hydrogen-bond acceptors (Lipinski definition) is 2. The summed E-state index contributed by atoms with van der Waals surface area (Å²) in [7, 11) is 1.84. The Morgan fingerprint density at radius 2 is 2.33 bits per heavy atom. The maximum atomic E-state index is 8.87. The van der Waals surface area contributed by atoms with E-state index in [-0.39, 0.29) is 0 Å². The Balaban J connectivity index is 2.34. The minimum atomic E-state index is 0.338. The van der Waals surface area contributed by atoms with Crippen molar-refractivity contribution in [3.05, 3.63) is 23.3 Å². The largest absolute Gasteiger partial charge is 0.390 e. The van der Waals surface area contributed by atoms with Crippen LogP contribution in [-0.4, -0.2) is 11.6 Å². The molecule has 0 aromatic carbocycles. The maximum absolute atomic E-state index is 8.87. The van der Waals surface area contributed by atoms with Crippen LogP contribution in [0, 0.1) is 5.92 Å². The van der Waals surface area contributed by atoms with Crippen LogP contribution in [0.2, 0.25) is 0 Å². The molecule has 0 aromatic heterocycles. The Kier molecular flexibility index (Phi) is 4.25. The summed E-state index contributed by atoms with van der Waals surface area (Å²) in [6.07, 6.45) is 9.99. The average molecular weight is 186 g/mol. The van der Waals surface area contributed by atoms with Crippen LogP contribution in [0.5, 0.6) is 0 Å². The van der Waals surface area contributed by atoms with Crippen LogP contribution in [-0.2, 0) is 12.0 Å². The highest BCUT2D eigenvalue weighted by molar-refractivity contribution is 7.77. The zero-order chi connectivity index (χ0) is 8.81. The van der Waals surface area contributed by atoms with Crippen LogP contribution in [0.3, 0.4) is 0 Å². The minimum absolute atomic E-state index is 0.338. The topological polar surface area (TPSA) is 32.3 Å². The number of allylic oxidation sites excluding steroid dienone is 2. The van der Waals surface area contributed by atoms with E-state index in [1.165, 1.54) is 19.3 Å². The van der Waals surface area contributed by atoms with Crippen molar-refractivity contribution in [2.75, 3.05) is 7.05 Å². The molecule has 1 saturated carbocycles. The average Bonchev–Trinajstić information content (AvgIpc) is 2.00. The summed E-state index contributed by atoms with van der Waals surface area (Å²) < 4.78 is 8.87. The van der Waals surface area contributed by atoms with Gasteiger partial charge in [0.2, 0.25) is 4.91 Å². The molecule has 2 nitrogen and oxygen atoms in total. The fourth-order valence-corrected chi connectivity index (χ4v) is 1.46. The summed E-state index contributed by atoms with van der Waals surface area (Å²) in [4.78, 5) is 0.921. The lowest BCUT2D eigenvalue weighted by Crippen LogP contribution is -2.07. The van der Waals surface area contributed by atoms with Gasteiger partial charge in [-0.15, -0.1) is 0 Å². The number of hydrogen-bond donors (Lipinski definition) is 2. The molecular formula is C9H16NOS+. The fraction of sp³-hybridized carbons (Fsp3) is 0.556. The van der Waals surface area contributed by atoms with Gasteiger partial charge in [-0.3, -0.25) is 0 Å². The molecule has 1 aliphatic rings. The predicted octanol–water partition coefficient (Wildman–Crippen LogP) is 1.69. The van der Waals surface area contributed by atoms with Gasteiger partial charge in [0.1, 0.15) is 0 Å². The quantitative estimate of drug-likeness (QED) is 0.398. The minimum Gasteiger partial charge on any atom is -0.390 e. The third-order valence-corrected chi connectivity index (χ3v) is 2.61. The highest BCUT2D eigenvalue weighted by atomic mass is 32.2. The van der Waals surface area contributed by atoms with Gasteiger partial charge in [0.05, 0.1) is 6.20 Å². The normalized spacial score (nSPS) is 19.7. The number of thiol groups is 1. The molecule has 68 valence electrons. The Hall–Kier alpha value is -0.410. The van der Waals surface area contributed by atoms with Gasteiger partial charge in [0.15, 0.2) is 12.0 Å². The first kappa shape index (κ1) is 9.68. The summed E-state index contributed by atoms with van der Waals surface area (Å²) >= 11 is 0.338. The molecular weight excluding hydrogens is 170 g/mol. The Labute approximate surface area is 77.9 Å². The first-order valence-electron chi connectivity index (χ1n) is 4.27. The van der Waals surface area contributed by atoms with E-state index in [0.29, 0.717) is 12.0 Å². The Morgan fingerprint density at radius 3 is 2.75 bits per heavy atom.